The molecule has 1 aliphatic heterocycles. The van der Waals surface area contributed by atoms with Crippen LogP contribution in [0.5, 0.6) is 0 Å². The van der Waals surface area contributed by atoms with E-state index in [-0.39, 0.29) is 11.9 Å². The molecule has 0 N–H and O–H groups in total. The van der Waals surface area contributed by atoms with E-state index in [9.17, 15) is 4.79 Å². The van der Waals surface area contributed by atoms with Crippen LogP contribution in [0.1, 0.15) is 33.7 Å². The molecule has 7 nitrogen and oxygen atoms in total. The Morgan fingerprint density at radius 1 is 1.22 bits per heavy atom. The summed E-state index contributed by atoms with van der Waals surface area (Å²) < 4.78 is 2.01. The Morgan fingerprint density at radius 2 is 2.00 bits per heavy atom. The Morgan fingerprint density at radius 3 is 2.65 bits per heavy atom. The van der Waals surface area contributed by atoms with Gasteiger partial charge in [-0.3, -0.25) is 9.69 Å². The fraction of sp³-hybridized carbons (Fsp3) is 0.500. The third kappa shape index (κ3) is 2.96. The average Bonchev–Trinajstić information content (AvgIpc) is 2.93. The third-order valence-corrected chi connectivity index (χ3v) is 4.42. The van der Waals surface area contributed by atoms with Gasteiger partial charge in [-0.05, 0) is 20.9 Å². The summed E-state index contributed by atoms with van der Waals surface area (Å²) in [5, 5.41) is 0. The highest BCUT2D eigenvalue weighted by Gasteiger charge is 2.31. The molecule has 0 spiro atoms. The lowest BCUT2D eigenvalue weighted by Crippen LogP contribution is -2.49. The highest BCUT2D eigenvalue weighted by atomic mass is 16.2. The minimum Gasteiger partial charge on any atom is -0.337 e. The molecule has 0 radical (unpaired) electrons. The average molecular weight is 314 g/mol. The van der Waals surface area contributed by atoms with E-state index < -0.39 is 0 Å². The molecule has 122 valence electrons. The maximum atomic E-state index is 12.8. The van der Waals surface area contributed by atoms with Gasteiger partial charge in [0.05, 0.1) is 17.3 Å². The number of piperazine rings is 1. The highest BCUT2D eigenvalue weighted by molar-refractivity contribution is 5.95. The Bertz CT molecular complexity index is 725. The fourth-order valence-corrected chi connectivity index (χ4v) is 3.00. The molecule has 3 heterocycles. The van der Waals surface area contributed by atoms with Crippen molar-refractivity contribution in [1.29, 1.82) is 0 Å². The van der Waals surface area contributed by atoms with Crippen LogP contribution in [-0.2, 0) is 7.05 Å². The number of imidazole rings is 1. The topological polar surface area (TPSA) is 67.2 Å². The quantitative estimate of drug-likeness (QED) is 0.826. The summed E-state index contributed by atoms with van der Waals surface area (Å²) in [4.78, 5) is 29.9. The SMILES string of the molecule is Cc1ncc(C(=O)N2CCN(C)[C@@H](c3nccn3C)C2)c(C)n1. The third-order valence-electron chi connectivity index (χ3n) is 4.42. The van der Waals surface area contributed by atoms with Gasteiger partial charge < -0.3 is 9.47 Å². The van der Waals surface area contributed by atoms with E-state index in [4.69, 9.17) is 0 Å². The summed E-state index contributed by atoms with van der Waals surface area (Å²) in [5.74, 6) is 1.65. The molecule has 0 saturated carbocycles. The van der Waals surface area contributed by atoms with Crippen molar-refractivity contribution < 1.29 is 4.79 Å². The maximum Gasteiger partial charge on any atom is 0.257 e. The van der Waals surface area contributed by atoms with Crippen LogP contribution in [0.25, 0.3) is 0 Å². The van der Waals surface area contributed by atoms with Crippen LogP contribution in [-0.4, -0.2) is 61.9 Å². The van der Waals surface area contributed by atoms with E-state index in [1.54, 1.807) is 12.4 Å². The molecule has 23 heavy (non-hydrogen) atoms. The monoisotopic (exact) mass is 314 g/mol. The van der Waals surface area contributed by atoms with Gasteiger partial charge in [0.15, 0.2) is 0 Å². The van der Waals surface area contributed by atoms with E-state index in [0.29, 0.717) is 24.5 Å². The number of nitrogens with zero attached hydrogens (tertiary/aromatic N) is 6. The lowest BCUT2D eigenvalue weighted by molar-refractivity contribution is 0.0527. The summed E-state index contributed by atoms with van der Waals surface area (Å²) >= 11 is 0. The zero-order chi connectivity index (χ0) is 16.6. The molecular formula is C16H22N6O. The number of aromatic nitrogens is 4. The molecule has 2 aromatic heterocycles. The first-order valence-corrected chi connectivity index (χ1v) is 7.74. The van der Waals surface area contributed by atoms with Crippen LogP contribution >= 0.6 is 0 Å². The second-order valence-electron chi connectivity index (χ2n) is 6.06. The van der Waals surface area contributed by atoms with Crippen molar-refractivity contribution in [3.8, 4) is 0 Å². The predicted octanol–water partition coefficient (Wildman–Crippen LogP) is 0.956. The standard InChI is InChI=1S/C16H22N6O/c1-11-13(9-18-12(2)19-11)16(23)22-8-7-20(3)14(10-22)15-17-5-6-21(15)4/h5-6,9,14H,7-8,10H2,1-4H3/t14-/m1/s1. The molecule has 0 aromatic carbocycles. The summed E-state index contributed by atoms with van der Waals surface area (Å²) in [6.07, 6.45) is 5.36. The molecule has 0 bridgehead atoms. The number of likely N-dealkylation sites (N-methyl/N-ethyl adjacent to an activating group) is 1. The first-order valence-electron chi connectivity index (χ1n) is 7.74. The van der Waals surface area contributed by atoms with Gasteiger partial charge in [0.1, 0.15) is 11.6 Å². The number of carbonyl (C=O) groups is 1. The first-order chi connectivity index (χ1) is 11.0. The lowest BCUT2D eigenvalue weighted by atomic mass is 10.1. The van der Waals surface area contributed by atoms with Gasteiger partial charge in [-0.25, -0.2) is 15.0 Å². The largest absolute Gasteiger partial charge is 0.337 e. The molecular weight excluding hydrogens is 292 g/mol. The van der Waals surface area contributed by atoms with Gasteiger partial charge in [0.2, 0.25) is 0 Å². The molecule has 1 fully saturated rings. The van der Waals surface area contributed by atoms with Crippen LogP contribution in [0.3, 0.4) is 0 Å². The Kier molecular flexibility index (Phi) is 4.12. The molecule has 1 aliphatic rings. The fourth-order valence-electron chi connectivity index (χ4n) is 3.00. The number of hydrogen-bond acceptors (Lipinski definition) is 5. The summed E-state index contributed by atoms with van der Waals surface area (Å²) in [6.45, 7) is 5.81. The van der Waals surface area contributed by atoms with E-state index in [1.165, 1.54) is 0 Å². The number of amides is 1. The van der Waals surface area contributed by atoms with E-state index in [1.807, 2.05) is 36.6 Å². The van der Waals surface area contributed by atoms with Crippen molar-refractivity contribution in [2.45, 2.75) is 19.9 Å². The second kappa shape index (κ2) is 6.08. The normalized spacial score (nSPS) is 19.1. The Hall–Kier alpha value is -2.28. The number of hydrogen-bond donors (Lipinski definition) is 0. The van der Waals surface area contributed by atoms with E-state index >= 15 is 0 Å². The second-order valence-corrected chi connectivity index (χ2v) is 6.06. The van der Waals surface area contributed by atoms with Crippen LogP contribution in [0.15, 0.2) is 18.6 Å². The highest BCUT2D eigenvalue weighted by Crippen LogP contribution is 2.23. The van der Waals surface area contributed by atoms with Crippen molar-refractivity contribution >= 4 is 5.91 Å². The minimum atomic E-state index is -0.00481. The molecule has 1 saturated heterocycles. The van der Waals surface area contributed by atoms with Gasteiger partial charge in [-0.2, -0.15) is 0 Å². The summed E-state index contributed by atoms with van der Waals surface area (Å²) in [7, 11) is 4.05. The molecule has 0 aliphatic carbocycles. The van der Waals surface area contributed by atoms with Crippen LogP contribution in [0.2, 0.25) is 0 Å². The summed E-state index contributed by atoms with van der Waals surface area (Å²) in [5.41, 5.74) is 1.31. The molecule has 3 rings (SSSR count). The van der Waals surface area contributed by atoms with Crippen molar-refractivity contribution in [2.75, 3.05) is 26.7 Å². The Labute approximate surface area is 136 Å². The van der Waals surface area contributed by atoms with Gasteiger partial charge in [0.25, 0.3) is 5.91 Å². The molecule has 7 heteroatoms. The predicted molar refractivity (Wildman–Crippen MR) is 86.0 cm³/mol. The van der Waals surface area contributed by atoms with Gasteiger partial charge in [-0.15, -0.1) is 0 Å². The first kappa shape index (κ1) is 15.6. The molecule has 1 atom stereocenters. The summed E-state index contributed by atoms with van der Waals surface area (Å²) in [6, 6.07) is 0.0966. The van der Waals surface area contributed by atoms with Crippen molar-refractivity contribution in [3.05, 3.63) is 41.5 Å². The minimum absolute atomic E-state index is 0.00481. The van der Waals surface area contributed by atoms with Crippen molar-refractivity contribution in [1.82, 2.24) is 29.3 Å². The lowest BCUT2D eigenvalue weighted by Gasteiger charge is -2.39. The number of carbonyl (C=O) groups excluding carboxylic acids is 1. The van der Waals surface area contributed by atoms with Crippen LogP contribution in [0, 0.1) is 13.8 Å². The van der Waals surface area contributed by atoms with E-state index in [0.717, 1.165) is 18.1 Å². The Balaban J connectivity index is 1.83. The number of aryl methyl sites for hydroxylation is 3. The van der Waals surface area contributed by atoms with Gasteiger partial charge in [-0.1, -0.05) is 0 Å². The van der Waals surface area contributed by atoms with E-state index in [2.05, 4.69) is 26.9 Å². The van der Waals surface area contributed by atoms with Crippen LogP contribution < -0.4 is 0 Å². The van der Waals surface area contributed by atoms with Gasteiger partial charge >= 0.3 is 0 Å². The molecule has 1 amide bonds. The number of rotatable bonds is 2. The maximum absolute atomic E-state index is 12.8. The van der Waals surface area contributed by atoms with Crippen molar-refractivity contribution in [2.24, 2.45) is 7.05 Å². The zero-order valence-corrected chi connectivity index (χ0v) is 14.0. The zero-order valence-electron chi connectivity index (χ0n) is 14.0. The smallest absolute Gasteiger partial charge is 0.257 e. The van der Waals surface area contributed by atoms with Crippen LogP contribution in [0.4, 0.5) is 0 Å². The molecule has 2 aromatic rings. The van der Waals surface area contributed by atoms with Crippen molar-refractivity contribution in [3.63, 3.8) is 0 Å². The van der Waals surface area contributed by atoms with Gasteiger partial charge in [0, 0.05) is 45.3 Å². The molecule has 0 unspecified atom stereocenters.